The Hall–Kier alpha value is -2.35. The van der Waals surface area contributed by atoms with E-state index >= 15 is 0 Å². The molecule has 2 aromatic rings. The Balaban J connectivity index is 2.33. The molecule has 0 saturated heterocycles. The molecule has 4 nitrogen and oxygen atoms in total. The van der Waals surface area contributed by atoms with E-state index in [2.05, 4.69) is 0 Å². The summed E-state index contributed by atoms with van der Waals surface area (Å²) in [6.45, 7) is 3.72. The summed E-state index contributed by atoms with van der Waals surface area (Å²) >= 11 is 0. The van der Waals surface area contributed by atoms with E-state index < -0.39 is 21.3 Å². The molecule has 0 aliphatic rings. The van der Waals surface area contributed by atoms with Gasteiger partial charge >= 0.3 is 15.5 Å². The number of benzene rings is 2. The Morgan fingerprint density at radius 2 is 1.58 bits per heavy atom. The van der Waals surface area contributed by atoms with Gasteiger partial charge in [0.05, 0.1) is 0 Å². The van der Waals surface area contributed by atoms with Crippen LogP contribution in [0.1, 0.15) is 27.0 Å². The molecular formula is C16H14F3NO3S. The van der Waals surface area contributed by atoms with Crippen LogP contribution in [0.2, 0.25) is 0 Å². The molecule has 0 aliphatic carbocycles. The third kappa shape index (κ3) is 3.76. The van der Waals surface area contributed by atoms with Crippen LogP contribution in [0.3, 0.4) is 0 Å². The number of alkyl halides is 3. The first-order valence-electron chi connectivity index (χ1n) is 6.82. The number of hydrogen-bond donors (Lipinski definition) is 1. The Morgan fingerprint density at radius 1 is 0.958 bits per heavy atom. The number of carbonyl (C=O) groups is 1. The van der Waals surface area contributed by atoms with Gasteiger partial charge in [0.15, 0.2) is 5.78 Å². The first-order valence-corrected chi connectivity index (χ1v) is 8.31. The summed E-state index contributed by atoms with van der Waals surface area (Å²) < 4.78 is 60.9. The van der Waals surface area contributed by atoms with Gasteiger partial charge in [-0.1, -0.05) is 24.3 Å². The van der Waals surface area contributed by atoms with Crippen molar-refractivity contribution in [2.24, 2.45) is 0 Å². The lowest BCUT2D eigenvalue weighted by molar-refractivity contribution is -0.0429. The van der Waals surface area contributed by atoms with Crippen LogP contribution in [-0.2, 0) is 10.0 Å². The second-order valence-electron chi connectivity index (χ2n) is 5.26. The highest BCUT2D eigenvalue weighted by atomic mass is 32.2. The smallest absolute Gasteiger partial charge is 0.289 e. The van der Waals surface area contributed by atoms with Crippen molar-refractivity contribution in [2.45, 2.75) is 19.4 Å². The van der Waals surface area contributed by atoms with Crippen molar-refractivity contribution in [1.82, 2.24) is 0 Å². The summed E-state index contributed by atoms with van der Waals surface area (Å²) in [7, 11) is -5.53. The van der Waals surface area contributed by atoms with E-state index in [1.165, 1.54) is 16.9 Å². The highest BCUT2D eigenvalue weighted by Gasteiger charge is 2.46. The number of rotatable bonds is 4. The summed E-state index contributed by atoms with van der Waals surface area (Å²) in [5.74, 6) is -0.411. The van der Waals surface area contributed by atoms with Crippen molar-refractivity contribution in [1.29, 1.82) is 0 Å². The van der Waals surface area contributed by atoms with Gasteiger partial charge in [0, 0.05) is 16.8 Å². The minimum Gasteiger partial charge on any atom is -0.289 e. The van der Waals surface area contributed by atoms with Gasteiger partial charge in [-0.2, -0.15) is 21.6 Å². The fraction of sp³-hybridized carbons (Fsp3) is 0.188. The minimum atomic E-state index is -5.53. The lowest BCUT2D eigenvalue weighted by Gasteiger charge is -2.11. The minimum absolute atomic E-state index is 0.0839. The summed E-state index contributed by atoms with van der Waals surface area (Å²) in [5.41, 5.74) is -3.41. The highest BCUT2D eigenvalue weighted by Crippen LogP contribution is 2.26. The third-order valence-corrected chi connectivity index (χ3v) is 4.56. The predicted molar refractivity (Wildman–Crippen MR) is 84.4 cm³/mol. The Kier molecular flexibility index (Phi) is 4.70. The third-order valence-electron chi connectivity index (χ3n) is 3.45. The number of carbonyl (C=O) groups excluding carboxylic acids is 1. The number of nitrogens with one attached hydrogen (secondary N) is 1. The molecule has 0 aromatic heterocycles. The van der Waals surface area contributed by atoms with Gasteiger partial charge in [-0.3, -0.25) is 9.52 Å². The van der Waals surface area contributed by atoms with Crippen molar-refractivity contribution in [3.8, 4) is 0 Å². The van der Waals surface area contributed by atoms with Crippen molar-refractivity contribution in [3.05, 3.63) is 64.7 Å². The van der Waals surface area contributed by atoms with Gasteiger partial charge < -0.3 is 0 Å². The van der Waals surface area contributed by atoms with Gasteiger partial charge in [0.1, 0.15) is 0 Å². The molecule has 2 aromatic carbocycles. The fourth-order valence-electron chi connectivity index (χ4n) is 1.99. The van der Waals surface area contributed by atoms with E-state index in [9.17, 15) is 26.4 Å². The van der Waals surface area contributed by atoms with Crippen molar-refractivity contribution < 1.29 is 26.4 Å². The summed E-state index contributed by atoms with van der Waals surface area (Å²) in [4.78, 5) is 12.4. The quantitative estimate of drug-likeness (QED) is 0.847. The van der Waals surface area contributed by atoms with E-state index in [0.29, 0.717) is 5.56 Å². The summed E-state index contributed by atoms with van der Waals surface area (Å²) in [6, 6.07) is 9.97. The zero-order valence-electron chi connectivity index (χ0n) is 12.8. The molecule has 128 valence electrons. The second-order valence-corrected chi connectivity index (χ2v) is 6.93. The second kappa shape index (κ2) is 6.27. The Morgan fingerprint density at radius 3 is 2.17 bits per heavy atom. The number of aryl methyl sites for hydroxylation is 2. The van der Waals surface area contributed by atoms with E-state index in [4.69, 9.17) is 0 Å². The fourth-order valence-corrected chi connectivity index (χ4v) is 2.54. The van der Waals surface area contributed by atoms with Gasteiger partial charge in [0.2, 0.25) is 0 Å². The number of ketones is 1. The van der Waals surface area contributed by atoms with Gasteiger partial charge in [0.25, 0.3) is 0 Å². The Bertz CT molecular complexity index is 890. The van der Waals surface area contributed by atoms with E-state index in [-0.39, 0.29) is 11.3 Å². The van der Waals surface area contributed by atoms with Crippen LogP contribution in [0, 0.1) is 13.8 Å². The maximum atomic E-state index is 12.4. The molecule has 0 spiro atoms. The number of sulfonamides is 1. The molecule has 0 amide bonds. The van der Waals surface area contributed by atoms with Crippen LogP contribution >= 0.6 is 0 Å². The van der Waals surface area contributed by atoms with Crippen molar-refractivity contribution in [3.63, 3.8) is 0 Å². The molecule has 0 saturated carbocycles. The summed E-state index contributed by atoms with van der Waals surface area (Å²) in [6.07, 6.45) is 0. The lowest BCUT2D eigenvalue weighted by Crippen LogP contribution is -2.29. The molecule has 8 heteroatoms. The highest BCUT2D eigenvalue weighted by molar-refractivity contribution is 7.93. The molecule has 2 rings (SSSR count). The molecule has 0 radical (unpaired) electrons. The van der Waals surface area contributed by atoms with Crippen LogP contribution < -0.4 is 4.72 Å². The van der Waals surface area contributed by atoms with Crippen molar-refractivity contribution >= 4 is 21.5 Å². The van der Waals surface area contributed by atoms with Crippen LogP contribution in [-0.4, -0.2) is 19.7 Å². The van der Waals surface area contributed by atoms with Crippen LogP contribution in [0.4, 0.5) is 18.9 Å². The zero-order valence-corrected chi connectivity index (χ0v) is 13.6. The van der Waals surface area contributed by atoms with Gasteiger partial charge in [-0.25, -0.2) is 0 Å². The van der Waals surface area contributed by atoms with E-state index in [1.54, 1.807) is 18.2 Å². The van der Waals surface area contributed by atoms with E-state index in [1.807, 2.05) is 13.8 Å². The molecule has 0 fully saturated rings. The SMILES string of the molecule is Cc1ccc(C(=O)c2cccc(NS(=O)(=O)C(F)(F)F)c2)cc1C. The van der Waals surface area contributed by atoms with Crippen LogP contribution in [0.5, 0.6) is 0 Å². The largest absolute Gasteiger partial charge is 0.516 e. The molecule has 1 N–H and O–H groups in total. The zero-order chi connectivity index (χ0) is 18.1. The number of hydrogen-bond acceptors (Lipinski definition) is 3. The monoisotopic (exact) mass is 357 g/mol. The molecular weight excluding hydrogens is 343 g/mol. The molecule has 0 unspecified atom stereocenters. The average molecular weight is 357 g/mol. The summed E-state index contributed by atoms with van der Waals surface area (Å²) in [5, 5.41) is 0. The normalized spacial score (nSPS) is 12.0. The number of halogens is 3. The predicted octanol–water partition coefficient (Wildman–Crippen LogP) is 3.80. The van der Waals surface area contributed by atoms with Crippen LogP contribution in [0.15, 0.2) is 42.5 Å². The standard InChI is InChI=1S/C16H14F3NO3S/c1-10-6-7-13(8-11(10)2)15(21)12-4-3-5-14(9-12)20-24(22,23)16(17,18)19/h3-9,20H,1-2H3. The molecule has 0 heterocycles. The number of anilines is 1. The van der Waals surface area contributed by atoms with Crippen molar-refractivity contribution in [2.75, 3.05) is 4.72 Å². The molecule has 0 bridgehead atoms. The first-order chi connectivity index (χ1) is 11.0. The Labute approximate surface area is 137 Å². The van der Waals surface area contributed by atoms with E-state index in [0.717, 1.165) is 23.3 Å². The average Bonchev–Trinajstić information content (AvgIpc) is 2.48. The molecule has 24 heavy (non-hydrogen) atoms. The van der Waals surface area contributed by atoms with Gasteiger partial charge in [-0.15, -0.1) is 0 Å². The maximum absolute atomic E-state index is 12.4. The van der Waals surface area contributed by atoms with Crippen LogP contribution in [0.25, 0.3) is 0 Å². The topological polar surface area (TPSA) is 63.2 Å². The molecule has 0 atom stereocenters. The molecule has 0 aliphatic heterocycles. The lowest BCUT2D eigenvalue weighted by atomic mass is 9.99. The van der Waals surface area contributed by atoms with Gasteiger partial charge in [-0.05, 0) is 43.2 Å². The first kappa shape index (κ1) is 18.0. The maximum Gasteiger partial charge on any atom is 0.516 e.